The average molecular weight is 443 g/mol. The van der Waals surface area contributed by atoms with E-state index in [1.54, 1.807) is 17.5 Å². The van der Waals surface area contributed by atoms with Crippen LogP contribution in [0.5, 0.6) is 0 Å². The van der Waals surface area contributed by atoms with Crippen LogP contribution in [-0.2, 0) is 9.59 Å². The summed E-state index contributed by atoms with van der Waals surface area (Å²) in [5, 5.41) is 9.64. The number of anilines is 1. The van der Waals surface area contributed by atoms with Gasteiger partial charge in [0.05, 0.1) is 22.4 Å². The SMILES string of the molecule is O=C1NC(=O)C(c2c[nH]c3sccc23)=C1c1nc(N2C[C@@H]3C[C@H]2CN3)nc2ccccc12. The quantitative estimate of drug-likeness (QED) is 0.421. The molecule has 7 rings (SSSR count). The number of H-pyrrole nitrogens is 1. The molecule has 3 aromatic heterocycles. The van der Waals surface area contributed by atoms with Crippen LogP contribution in [0, 0.1) is 0 Å². The molecule has 32 heavy (non-hydrogen) atoms. The number of piperazine rings is 1. The first-order valence-corrected chi connectivity index (χ1v) is 11.5. The van der Waals surface area contributed by atoms with Crippen LogP contribution >= 0.6 is 11.3 Å². The molecule has 8 nitrogen and oxygen atoms in total. The summed E-state index contributed by atoms with van der Waals surface area (Å²) in [5.74, 6) is -0.207. The maximum Gasteiger partial charge on any atom is 0.261 e. The van der Waals surface area contributed by atoms with Crippen LogP contribution < -0.4 is 15.5 Å². The van der Waals surface area contributed by atoms with E-state index in [4.69, 9.17) is 9.97 Å². The fourth-order valence-electron chi connectivity index (χ4n) is 5.18. The Labute approximate surface area is 186 Å². The number of carbonyl (C=O) groups excluding carboxylic acids is 2. The van der Waals surface area contributed by atoms with Gasteiger partial charge in [-0.2, -0.15) is 0 Å². The number of aromatic nitrogens is 3. The number of nitrogens with zero attached hydrogens (tertiary/aromatic N) is 3. The molecule has 2 bridgehead atoms. The highest BCUT2D eigenvalue weighted by Crippen LogP contribution is 2.38. The summed E-state index contributed by atoms with van der Waals surface area (Å²) in [6, 6.07) is 10.4. The molecule has 0 unspecified atom stereocenters. The van der Waals surface area contributed by atoms with Crippen molar-refractivity contribution in [3.8, 4) is 0 Å². The number of hydrogen-bond acceptors (Lipinski definition) is 7. The highest BCUT2D eigenvalue weighted by atomic mass is 32.1. The minimum absolute atomic E-state index is 0.310. The van der Waals surface area contributed by atoms with Crippen LogP contribution in [0.3, 0.4) is 0 Å². The van der Waals surface area contributed by atoms with Crippen molar-refractivity contribution in [3.05, 3.63) is 53.2 Å². The van der Waals surface area contributed by atoms with Gasteiger partial charge in [-0.15, -0.1) is 11.3 Å². The molecule has 0 radical (unpaired) electrons. The lowest BCUT2D eigenvalue weighted by Crippen LogP contribution is -2.44. The van der Waals surface area contributed by atoms with Gasteiger partial charge in [-0.25, -0.2) is 9.97 Å². The van der Waals surface area contributed by atoms with Crippen molar-refractivity contribution < 1.29 is 9.59 Å². The van der Waals surface area contributed by atoms with Crippen molar-refractivity contribution >= 4 is 61.4 Å². The average Bonchev–Trinajstić information content (AvgIpc) is 3.60. The normalized spacial score (nSPS) is 22.7. The smallest absolute Gasteiger partial charge is 0.261 e. The highest BCUT2D eigenvalue weighted by Gasteiger charge is 2.40. The molecule has 4 aromatic rings. The zero-order valence-electron chi connectivity index (χ0n) is 16.9. The van der Waals surface area contributed by atoms with Gasteiger partial charge in [0, 0.05) is 47.7 Å². The summed E-state index contributed by atoms with van der Waals surface area (Å²) in [5.41, 5.74) is 2.65. The molecule has 158 valence electrons. The summed E-state index contributed by atoms with van der Waals surface area (Å²) in [6.07, 6.45) is 2.86. The van der Waals surface area contributed by atoms with E-state index in [2.05, 4.69) is 20.5 Å². The Hall–Kier alpha value is -3.56. The largest absolute Gasteiger partial charge is 0.352 e. The van der Waals surface area contributed by atoms with E-state index in [1.165, 1.54) is 0 Å². The number of amides is 2. The second-order valence-corrected chi connectivity index (χ2v) is 9.35. The number of aromatic amines is 1. The number of hydrogen-bond donors (Lipinski definition) is 3. The van der Waals surface area contributed by atoms with Crippen LogP contribution in [0.15, 0.2) is 41.9 Å². The number of benzene rings is 1. The lowest BCUT2D eigenvalue weighted by Gasteiger charge is -2.28. The fraction of sp³-hybridized carbons (Fsp3) is 0.217. The van der Waals surface area contributed by atoms with E-state index in [-0.39, 0.29) is 0 Å². The molecular formula is C23H18N6O2S. The third-order valence-electron chi connectivity index (χ3n) is 6.65. The topological polar surface area (TPSA) is 103 Å². The number of rotatable bonds is 3. The number of carbonyl (C=O) groups is 2. The summed E-state index contributed by atoms with van der Waals surface area (Å²) >= 11 is 1.56. The molecule has 3 N–H and O–H groups in total. The van der Waals surface area contributed by atoms with Crippen molar-refractivity contribution in [3.63, 3.8) is 0 Å². The fourth-order valence-corrected chi connectivity index (χ4v) is 5.95. The van der Waals surface area contributed by atoms with E-state index in [1.807, 2.05) is 35.7 Å². The Morgan fingerprint density at radius 2 is 1.91 bits per heavy atom. The van der Waals surface area contributed by atoms with Gasteiger partial charge in [0.25, 0.3) is 11.8 Å². The number of thiophene rings is 1. The molecule has 2 fully saturated rings. The summed E-state index contributed by atoms with van der Waals surface area (Å²) in [6.45, 7) is 1.75. The number of fused-ring (bicyclic) bond motifs is 4. The molecule has 3 aliphatic rings. The minimum Gasteiger partial charge on any atom is -0.352 e. The van der Waals surface area contributed by atoms with Gasteiger partial charge in [-0.05, 0) is 23.9 Å². The van der Waals surface area contributed by atoms with Gasteiger partial charge < -0.3 is 15.2 Å². The Balaban J connectivity index is 1.50. The van der Waals surface area contributed by atoms with Gasteiger partial charge in [-0.1, -0.05) is 18.2 Å². The third kappa shape index (κ3) is 2.46. The van der Waals surface area contributed by atoms with E-state index in [9.17, 15) is 9.59 Å². The maximum absolute atomic E-state index is 13.1. The maximum atomic E-state index is 13.1. The molecular weight excluding hydrogens is 424 g/mol. The van der Waals surface area contributed by atoms with Gasteiger partial charge in [0.2, 0.25) is 5.95 Å². The Morgan fingerprint density at radius 1 is 1.03 bits per heavy atom. The lowest BCUT2D eigenvalue weighted by atomic mass is 9.97. The van der Waals surface area contributed by atoms with Crippen molar-refractivity contribution in [2.24, 2.45) is 0 Å². The van der Waals surface area contributed by atoms with Crippen molar-refractivity contribution in [2.75, 3.05) is 18.0 Å². The number of nitrogens with one attached hydrogen (secondary N) is 3. The predicted molar refractivity (Wildman–Crippen MR) is 123 cm³/mol. The standard InChI is InChI=1S/C23H18N6O2S/c30-20-17(15-9-25-22-13(15)5-6-32-22)18(21(31)28-20)19-14-3-1-2-4-16(14)26-23(27-19)29-10-11-7-12(29)8-24-11/h1-6,9,11-12,24-25H,7-8,10H2,(H,28,30,31)/t11-,12-/m0/s1. The van der Waals surface area contributed by atoms with Crippen LogP contribution in [0.1, 0.15) is 17.7 Å². The first-order valence-electron chi connectivity index (χ1n) is 10.6. The molecule has 2 saturated heterocycles. The second-order valence-electron chi connectivity index (χ2n) is 8.44. The minimum atomic E-state index is -0.422. The molecule has 1 aromatic carbocycles. The van der Waals surface area contributed by atoms with E-state index in [0.717, 1.165) is 40.6 Å². The Kier molecular flexibility index (Phi) is 3.65. The van der Waals surface area contributed by atoms with Gasteiger partial charge >= 0.3 is 0 Å². The van der Waals surface area contributed by atoms with Gasteiger partial charge in [-0.3, -0.25) is 14.9 Å². The van der Waals surface area contributed by atoms with E-state index < -0.39 is 11.8 Å². The van der Waals surface area contributed by atoms with Crippen molar-refractivity contribution in [1.29, 1.82) is 0 Å². The number of imide groups is 1. The molecule has 0 spiro atoms. The van der Waals surface area contributed by atoms with E-state index >= 15 is 0 Å². The van der Waals surface area contributed by atoms with Crippen LogP contribution in [0.25, 0.3) is 32.3 Å². The summed E-state index contributed by atoms with van der Waals surface area (Å²) < 4.78 is 0. The first-order chi connectivity index (χ1) is 15.7. The molecule has 0 saturated carbocycles. The van der Waals surface area contributed by atoms with Crippen LogP contribution in [0.4, 0.5) is 5.95 Å². The first kappa shape index (κ1) is 18.1. The monoisotopic (exact) mass is 442 g/mol. The van der Waals surface area contributed by atoms with Gasteiger partial charge in [0.15, 0.2) is 0 Å². The molecule has 6 heterocycles. The molecule has 2 amide bonds. The third-order valence-corrected chi connectivity index (χ3v) is 7.49. The van der Waals surface area contributed by atoms with Crippen molar-refractivity contribution in [2.45, 2.75) is 18.5 Å². The summed E-state index contributed by atoms with van der Waals surface area (Å²) in [7, 11) is 0. The molecule has 9 heteroatoms. The van der Waals surface area contributed by atoms with Crippen LogP contribution in [-0.4, -0.2) is 51.9 Å². The Morgan fingerprint density at radius 3 is 2.75 bits per heavy atom. The number of para-hydroxylation sites is 1. The Bertz CT molecular complexity index is 1480. The zero-order valence-corrected chi connectivity index (χ0v) is 17.7. The zero-order chi connectivity index (χ0) is 21.4. The molecule has 0 aliphatic carbocycles. The summed E-state index contributed by atoms with van der Waals surface area (Å²) in [4.78, 5) is 42.2. The van der Waals surface area contributed by atoms with Gasteiger partial charge in [0.1, 0.15) is 4.83 Å². The second kappa shape index (κ2) is 6.47. The van der Waals surface area contributed by atoms with E-state index in [0.29, 0.717) is 40.4 Å². The predicted octanol–water partition coefficient (Wildman–Crippen LogP) is 2.29. The highest BCUT2D eigenvalue weighted by molar-refractivity contribution is 7.16. The van der Waals surface area contributed by atoms with Crippen LogP contribution in [0.2, 0.25) is 0 Å². The lowest BCUT2D eigenvalue weighted by molar-refractivity contribution is -0.122. The molecule has 2 atom stereocenters. The molecule has 3 aliphatic heterocycles. The van der Waals surface area contributed by atoms with Crippen molar-refractivity contribution in [1.82, 2.24) is 25.6 Å².